The van der Waals surface area contributed by atoms with Crippen LogP contribution in [0.5, 0.6) is 0 Å². The first kappa shape index (κ1) is 20.9. The van der Waals surface area contributed by atoms with Gasteiger partial charge in [0.25, 0.3) is 7.82 Å². The van der Waals surface area contributed by atoms with Crippen LogP contribution in [0.1, 0.15) is 6.23 Å². The fourth-order valence-corrected chi connectivity index (χ4v) is 3.01. The average molecular weight is 406 g/mol. The molecule has 1 aliphatic heterocycles. The standard InChI is InChI=1S/C10H12ClFN5O6P.Na/c11-4-6(18)3(1-22-24(19,20)21)23-9(4)17-2-14-5-7(13)15-10(12)16-8(5)17;/h2-4,6,9,18H,1H2,(H2,13,15,16)(H2,19,20,21);/q;+1/p-1/t3-,4+,6-,9-;/m1./s1. The summed E-state index contributed by atoms with van der Waals surface area (Å²) >= 11 is 6.09. The van der Waals surface area contributed by atoms with Crippen molar-refractivity contribution in [1.29, 1.82) is 0 Å². The molecule has 11 nitrogen and oxygen atoms in total. The first-order chi connectivity index (χ1) is 11.2. The molecule has 5 atom stereocenters. The second-order valence-electron chi connectivity index (χ2n) is 4.97. The molecule has 4 N–H and O–H groups in total. The molecule has 2 aromatic rings. The number of nitrogens with two attached hydrogens (primary N) is 1. The number of aliphatic hydroxyl groups is 1. The molecule has 0 radical (unpaired) electrons. The Kier molecular flexibility index (Phi) is 6.43. The Morgan fingerprint density at radius 3 is 2.88 bits per heavy atom. The van der Waals surface area contributed by atoms with E-state index in [9.17, 15) is 19.0 Å². The van der Waals surface area contributed by atoms with Gasteiger partial charge in [0.15, 0.2) is 23.2 Å². The molecule has 2 aromatic heterocycles. The summed E-state index contributed by atoms with van der Waals surface area (Å²) in [4.78, 5) is 30.1. The van der Waals surface area contributed by atoms with Gasteiger partial charge in [0.05, 0.1) is 12.9 Å². The van der Waals surface area contributed by atoms with Crippen molar-refractivity contribution in [2.24, 2.45) is 0 Å². The molecule has 1 aliphatic rings. The minimum absolute atomic E-state index is 0. The van der Waals surface area contributed by atoms with Crippen molar-refractivity contribution in [1.82, 2.24) is 19.5 Å². The third kappa shape index (κ3) is 4.30. The first-order valence-corrected chi connectivity index (χ1v) is 8.42. The van der Waals surface area contributed by atoms with Crippen molar-refractivity contribution in [3.8, 4) is 0 Å². The van der Waals surface area contributed by atoms with E-state index < -0.39 is 44.3 Å². The maximum atomic E-state index is 13.4. The van der Waals surface area contributed by atoms with Crippen LogP contribution < -0.4 is 40.2 Å². The largest absolute Gasteiger partial charge is 1.00 e. The fraction of sp³-hybridized carbons (Fsp3) is 0.500. The number of nitrogen functional groups attached to an aromatic ring is 1. The molecule has 1 fully saturated rings. The molecular weight excluding hydrogens is 395 g/mol. The van der Waals surface area contributed by atoms with Gasteiger partial charge in [-0.05, 0) is 0 Å². The van der Waals surface area contributed by atoms with Gasteiger partial charge in [0, 0.05) is 0 Å². The van der Waals surface area contributed by atoms with Crippen LogP contribution in [0, 0.1) is 6.08 Å². The Morgan fingerprint density at radius 2 is 2.24 bits per heavy atom. The summed E-state index contributed by atoms with van der Waals surface area (Å²) in [5.74, 6) is -0.187. The number of hydrogen-bond donors (Lipinski definition) is 3. The number of anilines is 1. The first-order valence-electron chi connectivity index (χ1n) is 6.49. The Hall–Kier alpha value is -0.400. The summed E-state index contributed by atoms with van der Waals surface area (Å²) in [7, 11) is -4.99. The number of phosphoric acid groups is 1. The number of hydrogen-bond acceptors (Lipinski definition) is 9. The van der Waals surface area contributed by atoms with E-state index >= 15 is 0 Å². The van der Waals surface area contributed by atoms with Crippen molar-refractivity contribution in [3.05, 3.63) is 12.4 Å². The molecule has 0 aromatic carbocycles. The summed E-state index contributed by atoms with van der Waals surface area (Å²) in [6, 6.07) is 0. The Bertz CT molecular complexity index is 822. The average Bonchev–Trinajstić information content (AvgIpc) is 3.00. The number of ether oxygens (including phenoxy) is 1. The molecule has 0 spiro atoms. The minimum atomic E-state index is -4.99. The zero-order valence-corrected chi connectivity index (χ0v) is 16.3. The van der Waals surface area contributed by atoms with Gasteiger partial charge in [0.1, 0.15) is 17.6 Å². The van der Waals surface area contributed by atoms with E-state index in [-0.39, 0.29) is 46.5 Å². The summed E-state index contributed by atoms with van der Waals surface area (Å²) < 4.78 is 34.9. The zero-order chi connectivity index (χ0) is 17.6. The molecule has 0 amide bonds. The minimum Gasteiger partial charge on any atom is -0.756 e. The second-order valence-corrected chi connectivity index (χ2v) is 6.67. The second kappa shape index (κ2) is 7.69. The summed E-state index contributed by atoms with van der Waals surface area (Å²) in [5.41, 5.74) is 5.65. The van der Waals surface area contributed by atoms with Gasteiger partial charge in [-0.1, -0.05) is 0 Å². The number of fused-ring (bicyclic) bond motifs is 1. The third-order valence-corrected chi connectivity index (χ3v) is 4.34. The fourth-order valence-electron chi connectivity index (χ4n) is 2.33. The number of imidazole rings is 1. The van der Waals surface area contributed by atoms with E-state index in [1.165, 1.54) is 10.9 Å². The number of rotatable bonds is 4. The number of nitrogens with zero attached hydrogens (tertiary/aromatic N) is 4. The maximum Gasteiger partial charge on any atom is 1.00 e. The number of alkyl halides is 1. The van der Waals surface area contributed by atoms with Crippen molar-refractivity contribution >= 4 is 36.4 Å². The number of aliphatic hydroxyl groups excluding tert-OH is 1. The van der Waals surface area contributed by atoms with Gasteiger partial charge in [0.2, 0.25) is 0 Å². The molecule has 0 saturated carbocycles. The van der Waals surface area contributed by atoms with E-state index in [0.29, 0.717) is 0 Å². The van der Waals surface area contributed by atoms with Gasteiger partial charge in [-0.15, -0.1) is 11.6 Å². The number of aromatic nitrogens is 4. The van der Waals surface area contributed by atoms with E-state index in [4.69, 9.17) is 27.0 Å². The van der Waals surface area contributed by atoms with Gasteiger partial charge >= 0.3 is 35.6 Å². The van der Waals surface area contributed by atoms with Crippen molar-refractivity contribution in [3.63, 3.8) is 0 Å². The van der Waals surface area contributed by atoms with Gasteiger partial charge < -0.3 is 29.9 Å². The predicted octanol–water partition coefficient (Wildman–Crippen LogP) is -4.11. The molecule has 3 rings (SSSR count). The molecule has 3 heterocycles. The van der Waals surface area contributed by atoms with Crippen LogP contribution >= 0.6 is 19.4 Å². The van der Waals surface area contributed by atoms with Gasteiger partial charge in [-0.2, -0.15) is 14.4 Å². The van der Waals surface area contributed by atoms with Crippen LogP contribution in [-0.4, -0.2) is 53.7 Å². The molecular formula is C10H11ClFN5NaO6P. The van der Waals surface area contributed by atoms with Crippen LogP contribution in [0.4, 0.5) is 10.2 Å². The monoisotopic (exact) mass is 405 g/mol. The molecule has 25 heavy (non-hydrogen) atoms. The van der Waals surface area contributed by atoms with Crippen LogP contribution in [0.15, 0.2) is 6.33 Å². The molecule has 132 valence electrons. The topological polar surface area (TPSA) is 169 Å². The van der Waals surface area contributed by atoms with Crippen molar-refractivity contribution in [2.45, 2.75) is 23.8 Å². The van der Waals surface area contributed by atoms with Crippen LogP contribution in [0.25, 0.3) is 11.2 Å². The Labute approximate surface area is 166 Å². The van der Waals surface area contributed by atoms with Crippen LogP contribution in [-0.2, 0) is 13.8 Å². The molecule has 1 saturated heterocycles. The Balaban J connectivity index is 0.00000225. The third-order valence-electron chi connectivity index (χ3n) is 3.39. The molecule has 1 unspecified atom stereocenters. The molecule has 0 aliphatic carbocycles. The van der Waals surface area contributed by atoms with Crippen molar-refractivity contribution in [2.75, 3.05) is 12.3 Å². The van der Waals surface area contributed by atoms with E-state index in [1.807, 2.05) is 0 Å². The summed E-state index contributed by atoms with van der Waals surface area (Å²) in [5, 5.41) is 8.97. The Morgan fingerprint density at radius 1 is 1.56 bits per heavy atom. The van der Waals surface area contributed by atoms with Crippen LogP contribution in [0.2, 0.25) is 0 Å². The van der Waals surface area contributed by atoms with E-state index in [2.05, 4.69) is 19.5 Å². The van der Waals surface area contributed by atoms with Gasteiger partial charge in [-0.25, -0.2) is 4.98 Å². The molecule has 15 heteroatoms. The predicted molar refractivity (Wildman–Crippen MR) is 75.0 cm³/mol. The zero-order valence-electron chi connectivity index (χ0n) is 12.7. The van der Waals surface area contributed by atoms with Gasteiger partial charge in [-0.3, -0.25) is 9.13 Å². The quantitative estimate of drug-likeness (QED) is 0.197. The number of halogens is 2. The van der Waals surface area contributed by atoms with E-state index in [0.717, 1.165) is 0 Å². The summed E-state index contributed by atoms with van der Waals surface area (Å²) in [6.45, 7) is -0.656. The SMILES string of the molecule is Nc1nc(F)nc2c1ncn2[C@@H]1O[C@H](COP(=O)([O-])O)[C@@H](O)[C@@H]1Cl.[Na+]. The van der Waals surface area contributed by atoms with Crippen LogP contribution in [0.3, 0.4) is 0 Å². The molecule has 0 bridgehead atoms. The van der Waals surface area contributed by atoms with E-state index in [1.54, 1.807) is 0 Å². The normalized spacial score (nSPS) is 28.7. The smallest absolute Gasteiger partial charge is 0.756 e. The van der Waals surface area contributed by atoms with Crippen molar-refractivity contribution < 1.29 is 62.7 Å². The maximum absolute atomic E-state index is 13.4. The summed E-state index contributed by atoms with van der Waals surface area (Å²) in [6.07, 6.45) is -3.41. The number of phosphoric ester groups is 1.